The summed E-state index contributed by atoms with van der Waals surface area (Å²) in [5.74, 6) is 1.38. The normalized spacial score (nSPS) is 11.0. The fourth-order valence-corrected chi connectivity index (χ4v) is 5.08. The molecule has 6 nitrogen and oxygen atoms in total. The number of nitrogens with zero attached hydrogens (tertiary/aromatic N) is 4. The van der Waals surface area contributed by atoms with Gasteiger partial charge in [0.15, 0.2) is 11.6 Å². The highest BCUT2D eigenvalue weighted by atomic mass is 16.5. The zero-order valence-corrected chi connectivity index (χ0v) is 25.9. The van der Waals surface area contributed by atoms with Gasteiger partial charge in [0.2, 0.25) is 0 Å². The van der Waals surface area contributed by atoms with E-state index in [9.17, 15) is 4.79 Å². The highest BCUT2D eigenvalue weighted by molar-refractivity contribution is 5.91. The number of ether oxygens (including phenoxy) is 1. The van der Waals surface area contributed by atoms with Crippen molar-refractivity contribution in [3.63, 3.8) is 0 Å². The van der Waals surface area contributed by atoms with Crippen molar-refractivity contribution in [3.05, 3.63) is 90.0 Å². The lowest BCUT2D eigenvalue weighted by molar-refractivity contribution is 0.0735. The van der Waals surface area contributed by atoms with Crippen LogP contribution < -0.4 is 4.74 Å². The lowest BCUT2D eigenvalue weighted by Crippen LogP contribution is -2.08. The highest BCUT2D eigenvalue weighted by Gasteiger charge is 2.11. The summed E-state index contributed by atoms with van der Waals surface area (Å²) >= 11 is 0. The molecule has 0 spiro atoms. The number of benzene rings is 2. The first kappa shape index (κ1) is 32.0. The summed E-state index contributed by atoms with van der Waals surface area (Å²) in [6.07, 6.45) is 25.1. The Labute approximate surface area is 257 Å². The van der Waals surface area contributed by atoms with Crippen LogP contribution in [0.4, 0.5) is 0 Å². The molecule has 6 heteroatoms. The molecule has 0 atom stereocenters. The second kappa shape index (κ2) is 17.9. The van der Waals surface area contributed by atoms with Crippen LogP contribution in [-0.2, 0) is 12.8 Å². The number of carbonyl (C=O) groups is 1. The van der Waals surface area contributed by atoms with Gasteiger partial charge in [0.05, 0.1) is 5.56 Å². The fourth-order valence-electron chi connectivity index (χ4n) is 5.08. The van der Waals surface area contributed by atoms with Gasteiger partial charge in [-0.05, 0) is 73.2 Å². The highest BCUT2D eigenvalue weighted by Crippen LogP contribution is 2.22. The Kier molecular flexibility index (Phi) is 13.3. The average molecular weight is 579 g/mol. The molecule has 0 aliphatic rings. The molecule has 2 aromatic heterocycles. The van der Waals surface area contributed by atoms with Gasteiger partial charge in [-0.1, -0.05) is 90.2 Å². The van der Waals surface area contributed by atoms with E-state index in [-0.39, 0.29) is 0 Å². The van der Waals surface area contributed by atoms with E-state index >= 15 is 0 Å². The van der Waals surface area contributed by atoms with Gasteiger partial charge in [-0.3, -0.25) is 0 Å². The van der Waals surface area contributed by atoms with Crippen molar-refractivity contribution < 1.29 is 9.53 Å². The third-order valence-electron chi connectivity index (χ3n) is 7.75. The van der Waals surface area contributed by atoms with E-state index in [2.05, 4.69) is 33.8 Å². The Morgan fingerprint density at radius 3 is 1.40 bits per heavy atom. The van der Waals surface area contributed by atoms with Gasteiger partial charge >= 0.3 is 5.97 Å². The van der Waals surface area contributed by atoms with Crippen LogP contribution in [0.2, 0.25) is 0 Å². The molecular weight excluding hydrogens is 532 g/mol. The van der Waals surface area contributed by atoms with E-state index in [1.54, 1.807) is 24.3 Å². The van der Waals surface area contributed by atoms with E-state index in [1.807, 2.05) is 49.1 Å². The summed E-state index contributed by atoms with van der Waals surface area (Å²) in [5.41, 5.74) is 4.55. The van der Waals surface area contributed by atoms with E-state index in [4.69, 9.17) is 4.74 Å². The molecule has 2 heterocycles. The average Bonchev–Trinajstić information content (AvgIpc) is 3.05. The summed E-state index contributed by atoms with van der Waals surface area (Å²) in [7, 11) is 0. The van der Waals surface area contributed by atoms with Crippen molar-refractivity contribution in [3.8, 4) is 28.5 Å². The molecule has 4 rings (SSSR count). The third kappa shape index (κ3) is 10.7. The van der Waals surface area contributed by atoms with Crippen molar-refractivity contribution >= 4 is 5.97 Å². The summed E-state index contributed by atoms with van der Waals surface area (Å²) in [5, 5.41) is 0. The van der Waals surface area contributed by atoms with Gasteiger partial charge in [-0.2, -0.15) is 0 Å². The molecule has 0 saturated carbocycles. The van der Waals surface area contributed by atoms with Crippen LogP contribution in [0.3, 0.4) is 0 Å². The minimum Gasteiger partial charge on any atom is -0.423 e. The van der Waals surface area contributed by atoms with Crippen LogP contribution in [0.15, 0.2) is 73.3 Å². The second-order valence-corrected chi connectivity index (χ2v) is 11.4. The van der Waals surface area contributed by atoms with Crippen LogP contribution in [0.1, 0.15) is 112 Å². The maximum atomic E-state index is 12.8. The van der Waals surface area contributed by atoms with Crippen LogP contribution in [0, 0.1) is 0 Å². The first-order valence-corrected chi connectivity index (χ1v) is 16.2. The lowest BCUT2D eigenvalue weighted by Gasteiger charge is -2.07. The largest absolute Gasteiger partial charge is 0.423 e. The van der Waals surface area contributed by atoms with E-state index < -0.39 is 5.97 Å². The summed E-state index contributed by atoms with van der Waals surface area (Å²) in [4.78, 5) is 30.9. The molecule has 226 valence electrons. The smallest absolute Gasteiger partial charge is 0.343 e. The minimum absolute atomic E-state index is 0.413. The van der Waals surface area contributed by atoms with E-state index in [0.29, 0.717) is 23.0 Å². The Balaban J connectivity index is 1.22. The molecule has 0 aliphatic heterocycles. The predicted molar refractivity (Wildman–Crippen MR) is 174 cm³/mol. The number of hydrogen-bond donors (Lipinski definition) is 0. The van der Waals surface area contributed by atoms with Gasteiger partial charge in [0.25, 0.3) is 0 Å². The van der Waals surface area contributed by atoms with E-state index in [1.165, 1.54) is 76.2 Å². The number of aromatic nitrogens is 4. The Morgan fingerprint density at radius 1 is 0.535 bits per heavy atom. The SMILES string of the molecule is CCCCCCCCCCc1cnc(-c2ccc(OC(=O)c3ccc(-c4ncc(CCCCCC)cn4)cc3)cc2)nc1. The Hall–Kier alpha value is -3.93. The maximum Gasteiger partial charge on any atom is 0.343 e. The number of hydrogen-bond acceptors (Lipinski definition) is 6. The topological polar surface area (TPSA) is 77.9 Å². The molecular formula is C37H46N4O2. The molecule has 0 bridgehead atoms. The summed E-state index contributed by atoms with van der Waals surface area (Å²) in [6, 6.07) is 14.5. The van der Waals surface area contributed by atoms with Crippen LogP contribution in [0.25, 0.3) is 22.8 Å². The number of rotatable bonds is 18. The zero-order valence-electron chi connectivity index (χ0n) is 25.9. The monoisotopic (exact) mass is 578 g/mol. The zero-order chi connectivity index (χ0) is 30.1. The summed E-state index contributed by atoms with van der Waals surface area (Å²) < 4.78 is 5.61. The van der Waals surface area contributed by atoms with Crippen molar-refractivity contribution in [2.45, 2.75) is 104 Å². The predicted octanol–water partition coefficient (Wildman–Crippen LogP) is 9.63. The molecule has 0 N–H and O–H groups in total. The van der Waals surface area contributed by atoms with Crippen molar-refractivity contribution in [2.24, 2.45) is 0 Å². The molecule has 43 heavy (non-hydrogen) atoms. The van der Waals surface area contributed by atoms with Gasteiger partial charge in [0.1, 0.15) is 5.75 Å². The van der Waals surface area contributed by atoms with Gasteiger partial charge in [0, 0.05) is 35.9 Å². The Bertz CT molecular complexity index is 1350. The number of unbranched alkanes of at least 4 members (excludes halogenated alkanes) is 10. The first-order chi connectivity index (χ1) is 21.2. The molecule has 2 aromatic carbocycles. The molecule has 0 saturated heterocycles. The molecule has 4 aromatic rings. The van der Waals surface area contributed by atoms with Crippen molar-refractivity contribution in [2.75, 3.05) is 0 Å². The first-order valence-electron chi connectivity index (χ1n) is 16.2. The van der Waals surface area contributed by atoms with Crippen molar-refractivity contribution in [1.29, 1.82) is 0 Å². The van der Waals surface area contributed by atoms with Crippen molar-refractivity contribution in [1.82, 2.24) is 19.9 Å². The van der Waals surface area contributed by atoms with Crippen LogP contribution >= 0.6 is 0 Å². The lowest BCUT2D eigenvalue weighted by atomic mass is 10.1. The fraction of sp³-hybridized carbons (Fsp3) is 0.432. The molecule has 0 unspecified atom stereocenters. The molecule has 0 aliphatic carbocycles. The molecule has 0 radical (unpaired) electrons. The van der Waals surface area contributed by atoms with E-state index in [0.717, 1.165) is 36.0 Å². The standard InChI is InChI=1S/C37H46N4O2/c1-3-5-7-9-10-11-12-14-16-30-27-40-36(41-28-30)32-21-23-34(24-22-32)43-37(42)33-19-17-31(18-20-33)35-38-25-29(26-39-35)15-13-8-6-4-2/h17-28H,3-16H2,1-2H3. The molecule has 0 amide bonds. The van der Waals surface area contributed by atoms with Crippen LogP contribution in [-0.4, -0.2) is 25.9 Å². The minimum atomic E-state index is -0.413. The van der Waals surface area contributed by atoms with Crippen LogP contribution in [0.5, 0.6) is 5.75 Å². The van der Waals surface area contributed by atoms with Gasteiger partial charge in [-0.25, -0.2) is 24.7 Å². The maximum absolute atomic E-state index is 12.8. The Morgan fingerprint density at radius 2 is 0.930 bits per heavy atom. The molecule has 0 fully saturated rings. The summed E-state index contributed by atoms with van der Waals surface area (Å²) in [6.45, 7) is 4.47. The van der Waals surface area contributed by atoms with Gasteiger partial charge < -0.3 is 4.74 Å². The number of esters is 1. The quantitative estimate of drug-likeness (QED) is 0.0664. The van der Waals surface area contributed by atoms with Gasteiger partial charge in [-0.15, -0.1) is 0 Å². The third-order valence-corrected chi connectivity index (χ3v) is 7.75. The number of aryl methyl sites for hydroxylation is 2. The second-order valence-electron chi connectivity index (χ2n) is 11.4. The number of carbonyl (C=O) groups excluding carboxylic acids is 1.